The van der Waals surface area contributed by atoms with Gasteiger partial charge in [0.2, 0.25) is 0 Å². The second-order valence-corrected chi connectivity index (χ2v) is 7.17. The SMILES string of the molecule is Cc1cccc(C(CNc2cncc(C(=O)N3CCCC3)n2)N(C)C)c1.O=CO. The highest BCUT2D eigenvalue weighted by Gasteiger charge is 2.21. The van der Waals surface area contributed by atoms with Crippen molar-refractivity contribution in [2.75, 3.05) is 39.0 Å². The summed E-state index contributed by atoms with van der Waals surface area (Å²) in [5, 5.41) is 10.2. The van der Waals surface area contributed by atoms with Gasteiger partial charge in [-0.05, 0) is 39.4 Å². The van der Waals surface area contributed by atoms with Gasteiger partial charge in [-0.1, -0.05) is 29.8 Å². The summed E-state index contributed by atoms with van der Waals surface area (Å²) in [5.41, 5.74) is 2.90. The molecule has 0 bridgehead atoms. The molecule has 1 saturated heterocycles. The Kier molecular flexibility index (Phi) is 8.54. The number of carbonyl (C=O) groups excluding carboxylic acids is 1. The average Bonchev–Trinajstić information content (AvgIpc) is 3.23. The van der Waals surface area contributed by atoms with Crippen molar-refractivity contribution in [1.82, 2.24) is 19.8 Å². The minimum atomic E-state index is -0.250. The number of benzene rings is 1. The number of hydrogen-bond acceptors (Lipinski definition) is 6. The largest absolute Gasteiger partial charge is 0.483 e. The van der Waals surface area contributed by atoms with Crippen molar-refractivity contribution in [3.63, 3.8) is 0 Å². The van der Waals surface area contributed by atoms with E-state index in [4.69, 9.17) is 9.90 Å². The number of likely N-dealkylation sites (N-methyl/N-ethyl adjacent to an activating group) is 1. The van der Waals surface area contributed by atoms with Crippen LogP contribution in [0.3, 0.4) is 0 Å². The normalized spacial score (nSPS) is 14.1. The minimum absolute atomic E-state index is 0.0264. The quantitative estimate of drug-likeness (QED) is 0.720. The molecule has 2 heterocycles. The number of amides is 1. The van der Waals surface area contributed by atoms with Crippen LogP contribution in [0.4, 0.5) is 5.82 Å². The van der Waals surface area contributed by atoms with Crippen LogP contribution in [0.15, 0.2) is 36.7 Å². The minimum Gasteiger partial charge on any atom is -0.483 e. The summed E-state index contributed by atoms with van der Waals surface area (Å²) in [4.78, 5) is 33.6. The molecule has 1 fully saturated rings. The van der Waals surface area contributed by atoms with Crippen molar-refractivity contribution in [2.45, 2.75) is 25.8 Å². The van der Waals surface area contributed by atoms with Crippen LogP contribution in [0, 0.1) is 6.92 Å². The van der Waals surface area contributed by atoms with Gasteiger partial charge in [0.1, 0.15) is 11.5 Å². The van der Waals surface area contributed by atoms with Gasteiger partial charge >= 0.3 is 0 Å². The predicted molar refractivity (Wildman–Crippen MR) is 112 cm³/mol. The van der Waals surface area contributed by atoms with Gasteiger partial charge in [0.05, 0.1) is 18.4 Å². The first-order valence-corrected chi connectivity index (χ1v) is 9.62. The molecule has 1 amide bonds. The third kappa shape index (κ3) is 6.53. The fourth-order valence-corrected chi connectivity index (χ4v) is 3.31. The zero-order chi connectivity index (χ0) is 21.2. The lowest BCUT2D eigenvalue weighted by atomic mass is 10.0. The van der Waals surface area contributed by atoms with Crippen molar-refractivity contribution < 1.29 is 14.7 Å². The van der Waals surface area contributed by atoms with E-state index in [-0.39, 0.29) is 18.4 Å². The van der Waals surface area contributed by atoms with Crippen LogP contribution in [0.25, 0.3) is 0 Å². The first-order valence-electron chi connectivity index (χ1n) is 9.62. The molecule has 1 unspecified atom stereocenters. The summed E-state index contributed by atoms with van der Waals surface area (Å²) in [6.45, 7) is 4.16. The van der Waals surface area contributed by atoms with Gasteiger partial charge in [0.25, 0.3) is 12.4 Å². The van der Waals surface area contributed by atoms with Crippen LogP contribution in [0.5, 0.6) is 0 Å². The third-order valence-electron chi connectivity index (χ3n) is 4.77. The Morgan fingerprint density at radius 1 is 1.31 bits per heavy atom. The van der Waals surface area contributed by atoms with E-state index in [1.54, 1.807) is 12.4 Å². The van der Waals surface area contributed by atoms with E-state index in [1.165, 1.54) is 11.1 Å². The first-order chi connectivity index (χ1) is 14.0. The summed E-state index contributed by atoms with van der Waals surface area (Å²) in [7, 11) is 4.13. The number of carboxylic acid groups (broad SMARTS) is 1. The Bertz CT molecular complexity index is 806. The summed E-state index contributed by atoms with van der Waals surface area (Å²) in [6.07, 6.45) is 5.36. The smallest absolute Gasteiger partial charge is 0.290 e. The number of rotatable bonds is 6. The Hall–Kier alpha value is -3.00. The number of hydrogen-bond donors (Lipinski definition) is 2. The Morgan fingerprint density at radius 2 is 2.00 bits per heavy atom. The van der Waals surface area contributed by atoms with Crippen LogP contribution in [0.2, 0.25) is 0 Å². The van der Waals surface area contributed by atoms with E-state index in [2.05, 4.69) is 65.5 Å². The molecular formula is C21H29N5O3. The second kappa shape index (κ2) is 11.1. The van der Waals surface area contributed by atoms with Crippen molar-refractivity contribution in [3.05, 3.63) is 53.5 Å². The molecule has 8 nitrogen and oxygen atoms in total. The van der Waals surface area contributed by atoms with E-state index in [0.29, 0.717) is 18.1 Å². The van der Waals surface area contributed by atoms with Crippen molar-refractivity contribution in [2.24, 2.45) is 0 Å². The van der Waals surface area contributed by atoms with E-state index in [1.807, 2.05) is 4.90 Å². The molecule has 1 atom stereocenters. The van der Waals surface area contributed by atoms with E-state index >= 15 is 0 Å². The monoisotopic (exact) mass is 399 g/mol. The van der Waals surface area contributed by atoms with Gasteiger partial charge < -0.3 is 20.2 Å². The number of nitrogens with zero attached hydrogens (tertiary/aromatic N) is 4. The molecule has 1 aliphatic rings. The first kappa shape index (κ1) is 22.3. The number of aromatic nitrogens is 2. The molecule has 3 rings (SSSR count). The topological polar surface area (TPSA) is 98.7 Å². The maximum absolute atomic E-state index is 12.5. The van der Waals surface area contributed by atoms with Crippen LogP contribution in [-0.4, -0.2) is 71.0 Å². The summed E-state index contributed by atoms with van der Waals surface area (Å²) < 4.78 is 0. The Balaban J connectivity index is 0.000000941. The molecule has 0 radical (unpaired) electrons. The molecule has 1 aromatic carbocycles. The zero-order valence-electron chi connectivity index (χ0n) is 17.2. The van der Waals surface area contributed by atoms with E-state index < -0.39 is 0 Å². The Morgan fingerprint density at radius 3 is 2.62 bits per heavy atom. The van der Waals surface area contributed by atoms with Crippen LogP contribution in [0.1, 0.15) is 40.5 Å². The van der Waals surface area contributed by atoms with Gasteiger partial charge in [-0.15, -0.1) is 0 Å². The van der Waals surface area contributed by atoms with Gasteiger partial charge in [-0.3, -0.25) is 14.6 Å². The summed E-state index contributed by atoms with van der Waals surface area (Å²) in [5.74, 6) is 0.607. The number of nitrogens with one attached hydrogen (secondary N) is 1. The van der Waals surface area contributed by atoms with Gasteiger partial charge in [0.15, 0.2) is 0 Å². The Labute approximate surface area is 171 Å². The standard InChI is InChI=1S/C20H27N5O.CH2O2/c1-15-7-6-8-16(11-15)18(24(2)3)13-22-19-14-21-12-17(23-19)20(26)25-9-4-5-10-25;2-1-3/h6-8,11-12,14,18H,4-5,9-10,13H2,1-3H3,(H,22,23);1H,(H,2,3). The molecule has 0 aliphatic carbocycles. The number of aryl methyl sites for hydroxylation is 1. The molecule has 1 aliphatic heterocycles. The summed E-state index contributed by atoms with van der Waals surface area (Å²) >= 11 is 0. The van der Waals surface area contributed by atoms with Gasteiger partial charge in [-0.25, -0.2) is 4.98 Å². The van der Waals surface area contributed by atoms with E-state index in [9.17, 15) is 4.79 Å². The molecular weight excluding hydrogens is 370 g/mol. The third-order valence-corrected chi connectivity index (χ3v) is 4.77. The highest BCUT2D eigenvalue weighted by atomic mass is 16.3. The highest BCUT2D eigenvalue weighted by molar-refractivity contribution is 5.92. The fourth-order valence-electron chi connectivity index (χ4n) is 3.31. The fraction of sp³-hybridized carbons (Fsp3) is 0.429. The molecule has 1 aromatic heterocycles. The molecule has 156 valence electrons. The molecule has 2 N–H and O–H groups in total. The van der Waals surface area contributed by atoms with Gasteiger partial charge in [0, 0.05) is 19.6 Å². The van der Waals surface area contributed by atoms with Gasteiger partial charge in [-0.2, -0.15) is 0 Å². The lowest BCUT2D eigenvalue weighted by Gasteiger charge is -2.25. The number of likely N-dealkylation sites (tertiary alicyclic amines) is 1. The maximum Gasteiger partial charge on any atom is 0.290 e. The second-order valence-electron chi connectivity index (χ2n) is 7.17. The predicted octanol–water partition coefficient (Wildman–Crippen LogP) is 2.44. The van der Waals surface area contributed by atoms with Crippen LogP contribution < -0.4 is 5.32 Å². The number of anilines is 1. The maximum atomic E-state index is 12.5. The van der Waals surface area contributed by atoms with E-state index in [0.717, 1.165) is 25.9 Å². The highest BCUT2D eigenvalue weighted by Crippen LogP contribution is 2.20. The molecule has 0 saturated carbocycles. The zero-order valence-corrected chi connectivity index (χ0v) is 17.2. The lowest BCUT2D eigenvalue weighted by molar-refractivity contribution is -0.122. The van der Waals surface area contributed by atoms with Crippen molar-refractivity contribution in [3.8, 4) is 0 Å². The average molecular weight is 399 g/mol. The lowest BCUT2D eigenvalue weighted by Crippen LogP contribution is -2.29. The van der Waals surface area contributed by atoms with Crippen LogP contribution in [-0.2, 0) is 4.79 Å². The molecule has 8 heteroatoms. The van der Waals surface area contributed by atoms with Crippen LogP contribution >= 0.6 is 0 Å². The molecule has 29 heavy (non-hydrogen) atoms. The molecule has 2 aromatic rings. The summed E-state index contributed by atoms with van der Waals surface area (Å²) in [6, 6.07) is 8.72. The molecule has 0 spiro atoms. The number of carbonyl (C=O) groups is 2. The van der Waals surface area contributed by atoms with Crippen molar-refractivity contribution >= 4 is 18.2 Å². The van der Waals surface area contributed by atoms with Crippen molar-refractivity contribution in [1.29, 1.82) is 0 Å².